The molecule has 1 fully saturated rings. The predicted octanol–water partition coefficient (Wildman–Crippen LogP) is 6.73. The van der Waals surface area contributed by atoms with Crippen molar-refractivity contribution in [3.63, 3.8) is 0 Å². The lowest BCUT2D eigenvalue weighted by Gasteiger charge is -2.28. The Morgan fingerprint density at radius 3 is 2.74 bits per heavy atom. The highest BCUT2D eigenvalue weighted by molar-refractivity contribution is 6.35. The van der Waals surface area contributed by atoms with Crippen molar-refractivity contribution in [3.05, 3.63) is 74.9 Å². The maximum absolute atomic E-state index is 13.4. The third kappa shape index (κ3) is 4.11. The number of nitrogens with one attached hydrogen (secondary N) is 2. The van der Waals surface area contributed by atoms with E-state index < -0.39 is 0 Å². The first-order chi connectivity index (χ1) is 15.1. The molecule has 1 aromatic heterocycles. The summed E-state index contributed by atoms with van der Waals surface area (Å²) in [7, 11) is 0. The number of amides is 1. The summed E-state index contributed by atoms with van der Waals surface area (Å²) in [6.07, 6.45) is 7.82. The van der Waals surface area contributed by atoms with Crippen LogP contribution < -0.4 is 5.32 Å². The zero-order valence-electron chi connectivity index (χ0n) is 17.3. The summed E-state index contributed by atoms with van der Waals surface area (Å²) in [5.41, 5.74) is 5.63. The summed E-state index contributed by atoms with van der Waals surface area (Å²) in [4.78, 5) is 13.4. The Morgan fingerprint density at radius 1 is 1.13 bits per heavy atom. The van der Waals surface area contributed by atoms with Crippen molar-refractivity contribution in [2.45, 2.75) is 51.0 Å². The molecule has 2 aromatic carbocycles. The topological polar surface area (TPSA) is 57.8 Å². The second kappa shape index (κ2) is 8.68. The van der Waals surface area contributed by atoms with Crippen molar-refractivity contribution in [2.24, 2.45) is 5.92 Å². The quantitative estimate of drug-likeness (QED) is 0.351. The maximum atomic E-state index is 13.4. The van der Waals surface area contributed by atoms with Gasteiger partial charge in [-0.3, -0.25) is 9.89 Å². The van der Waals surface area contributed by atoms with E-state index in [1.54, 1.807) is 6.07 Å². The minimum Gasteiger partial charge on any atom is -0.344 e. The van der Waals surface area contributed by atoms with Gasteiger partial charge in [0.25, 0.3) is 5.91 Å². The van der Waals surface area contributed by atoms with Crippen LogP contribution in [0.4, 0.5) is 0 Å². The maximum Gasteiger partial charge on any atom is 0.270 e. The Kier molecular flexibility index (Phi) is 5.77. The molecule has 0 radical (unpaired) electrons. The Balaban J connectivity index is 1.41. The molecule has 0 spiro atoms. The third-order valence-electron chi connectivity index (χ3n) is 6.67. The van der Waals surface area contributed by atoms with Crippen LogP contribution in [0.1, 0.15) is 71.7 Å². The summed E-state index contributed by atoms with van der Waals surface area (Å²) in [6, 6.07) is 13.5. The molecule has 2 aliphatic rings. The van der Waals surface area contributed by atoms with Crippen LogP contribution in [0.3, 0.4) is 0 Å². The minimum atomic E-state index is -0.164. The standard InChI is InChI=1S/C25H25Cl2N3O/c26-17-10-11-19(21(27)14-17)22(12-15-6-2-1-3-7-15)28-25(31)24-20-13-16-8-4-5-9-18(16)23(20)29-30-24/h4-5,8-11,14-15,22H,1-3,6-7,12-13H2,(H,28,31)(H,29,30). The Bertz CT molecular complexity index is 1120. The molecule has 1 amide bonds. The summed E-state index contributed by atoms with van der Waals surface area (Å²) in [5, 5.41) is 11.9. The molecular weight excluding hydrogens is 429 g/mol. The van der Waals surface area contributed by atoms with E-state index in [0.717, 1.165) is 35.2 Å². The van der Waals surface area contributed by atoms with Crippen LogP contribution in [0.2, 0.25) is 10.0 Å². The lowest BCUT2D eigenvalue weighted by Crippen LogP contribution is -2.31. The number of halogens is 2. The number of H-pyrrole nitrogens is 1. The molecule has 31 heavy (non-hydrogen) atoms. The molecule has 160 valence electrons. The highest BCUT2D eigenvalue weighted by atomic mass is 35.5. The van der Waals surface area contributed by atoms with Gasteiger partial charge in [0.2, 0.25) is 0 Å². The molecule has 1 unspecified atom stereocenters. The van der Waals surface area contributed by atoms with Gasteiger partial charge in [0.1, 0.15) is 5.69 Å². The molecule has 0 saturated heterocycles. The Labute approximate surface area is 192 Å². The van der Waals surface area contributed by atoms with E-state index in [9.17, 15) is 4.79 Å². The molecular formula is C25H25Cl2N3O. The number of carbonyl (C=O) groups is 1. The number of carbonyl (C=O) groups excluding carboxylic acids is 1. The number of benzene rings is 2. The van der Waals surface area contributed by atoms with Gasteiger partial charge < -0.3 is 5.32 Å². The van der Waals surface area contributed by atoms with Crippen LogP contribution in [-0.2, 0) is 6.42 Å². The van der Waals surface area contributed by atoms with Crippen molar-refractivity contribution in [3.8, 4) is 11.3 Å². The molecule has 1 saturated carbocycles. The van der Waals surface area contributed by atoms with E-state index in [1.807, 2.05) is 24.3 Å². The first-order valence-corrected chi connectivity index (χ1v) is 11.8. The van der Waals surface area contributed by atoms with Gasteiger partial charge >= 0.3 is 0 Å². The fourth-order valence-electron chi connectivity index (χ4n) is 5.08. The van der Waals surface area contributed by atoms with Crippen LogP contribution in [0.25, 0.3) is 11.3 Å². The summed E-state index contributed by atoms with van der Waals surface area (Å²) < 4.78 is 0. The van der Waals surface area contributed by atoms with Crippen molar-refractivity contribution in [2.75, 3.05) is 0 Å². The number of aromatic nitrogens is 2. The number of hydrogen-bond acceptors (Lipinski definition) is 2. The molecule has 0 aliphatic heterocycles. The average Bonchev–Trinajstić information content (AvgIpc) is 3.33. The number of fused-ring (bicyclic) bond motifs is 3. The molecule has 1 heterocycles. The molecule has 0 bridgehead atoms. The van der Waals surface area contributed by atoms with E-state index in [1.165, 1.54) is 37.7 Å². The molecule has 4 nitrogen and oxygen atoms in total. The predicted molar refractivity (Wildman–Crippen MR) is 125 cm³/mol. The molecule has 6 heteroatoms. The van der Waals surface area contributed by atoms with Gasteiger partial charge in [0.15, 0.2) is 0 Å². The molecule has 1 atom stereocenters. The summed E-state index contributed by atoms with van der Waals surface area (Å²) in [6.45, 7) is 0. The van der Waals surface area contributed by atoms with Crippen LogP contribution in [0, 0.1) is 5.92 Å². The van der Waals surface area contributed by atoms with Gasteiger partial charge in [0, 0.05) is 27.6 Å². The van der Waals surface area contributed by atoms with Crippen molar-refractivity contribution < 1.29 is 4.79 Å². The zero-order chi connectivity index (χ0) is 21.4. The molecule has 5 rings (SSSR count). The van der Waals surface area contributed by atoms with Gasteiger partial charge in [-0.15, -0.1) is 0 Å². The number of aromatic amines is 1. The lowest BCUT2D eigenvalue weighted by molar-refractivity contribution is 0.0922. The largest absolute Gasteiger partial charge is 0.344 e. The van der Waals surface area contributed by atoms with Gasteiger partial charge in [-0.2, -0.15) is 5.10 Å². The minimum absolute atomic E-state index is 0.131. The molecule has 3 aromatic rings. The van der Waals surface area contributed by atoms with Gasteiger partial charge in [0.05, 0.1) is 11.7 Å². The number of rotatable bonds is 5. The fraction of sp³-hybridized carbons (Fsp3) is 0.360. The van der Waals surface area contributed by atoms with Crippen LogP contribution in [-0.4, -0.2) is 16.1 Å². The fourth-order valence-corrected chi connectivity index (χ4v) is 5.62. The van der Waals surface area contributed by atoms with Crippen molar-refractivity contribution in [1.82, 2.24) is 15.5 Å². The monoisotopic (exact) mass is 453 g/mol. The van der Waals surface area contributed by atoms with Gasteiger partial charge in [-0.05, 0) is 35.6 Å². The zero-order valence-corrected chi connectivity index (χ0v) is 18.8. The smallest absolute Gasteiger partial charge is 0.270 e. The van der Waals surface area contributed by atoms with Gasteiger partial charge in [-0.25, -0.2) is 0 Å². The highest BCUT2D eigenvalue weighted by Crippen LogP contribution is 2.38. The first kappa shape index (κ1) is 20.6. The van der Waals surface area contributed by atoms with Crippen LogP contribution in [0.5, 0.6) is 0 Å². The van der Waals surface area contributed by atoms with Crippen LogP contribution >= 0.6 is 23.2 Å². The number of nitrogens with zero attached hydrogens (tertiary/aromatic N) is 1. The molecule has 2 N–H and O–H groups in total. The van der Waals surface area contributed by atoms with Crippen molar-refractivity contribution >= 4 is 29.1 Å². The van der Waals surface area contributed by atoms with E-state index >= 15 is 0 Å². The summed E-state index contributed by atoms with van der Waals surface area (Å²) >= 11 is 12.7. The lowest BCUT2D eigenvalue weighted by atomic mass is 9.83. The second-order valence-corrected chi connectivity index (χ2v) is 9.53. The summed E-state index contributed by atoms with van der Waals surface area (Å²) in [5.74, 6) is 0.455. The SMILES string of the molecule is O=C(NC(CC1CCCCC1)c1ccc(Cl)cc1Cl)c1[nH]nc2c1Cc1ccccc1-2. The number of hydrogen-bond donors (Lipinski definition) is 2. The highest BCUT2D eigenvalue weighted by Gasteiger charge is 2.30. The molecule has 2 aliphatic carbocycles. The van der Waals surface area contributed by atoms with E-state index in [2.05, 4.69) is 27.6 Å². The average molecular weight is 454 g/mol. The second-order valence-electron chi connectivity index (χ2n) is 8.69. The Hall–Kier alpha value is -2.30. The van der Waals surface area contributed by atoms with Crippen molar-refractivity contribution in [1.29, 1.82) is 0 Å². The van der Waals surface area contributed by atoms with E-state index in [-0.39, 0.29) is 11.9 Å². The van der Waals surface area contributed by atoms with E-state index in [0.29, 0.717) is 21.7 Å². The van der Waals surface area contributed by atoms with E-state index in [4.69, 9.17) is 23.2 Å². The first-order valence-electron chi connectivity index (χ1n) is 11.0. The van der Waals surface area contributed by atoms with Crippen LogP contribution in [0.15, 0.2) is 42.5 Å². The third-order valence-corrected chi connectivity index (χ3v) is 7.23. The normalized spacial score (nSPS) is 16.6. The Morgan fingerprint density at radius 2 is 1.94 bits per heavy atom. The van der Waals surface area contributed by atoms with Gasteiger partial charge in [-0.1, -0.05) is 85.6 Å².